The Labute approximate surface area is 173 Å². The van der Waals surface area contributed by atoms with Gasteiger partial charge in [-0.2, -0.15) is 0 Å². The van der Waals surface area contributed by atoms with E-state index in [4.69, 9.17) is 0 Å². The fraction of sp³-hybridized carbons (Fsp3) is 0.333. The van der Waals surface area contributed by atoms with Crippen LogP contribution in [0.25, 0.3) is 0 Å². The van der Waals surface area contributed by atoms with Gasteiger partial charge in [0.05, 0.1) is 0 Å². The third-order valence-corrected chi connectivity index (χ3v) is 8.77. The molecule has 0 radical (unpaired) electrons. The van der Waals surface area contributed by atoms with Crippen molar-refractivity contribution in [2.45, 2.75) is 10.7 Å². The van der Waals surface area contributed by atoms with E-state index in [9.17, 15) is 26.4 Å². The molecule has 0 saturated carbocycles. The van der Waals surface area contributed by atoms with Gasteiger partial charge in [-0.1, -0.05) is 12.1 Å². The highest BCUT2D eigenvalue weighted by atomic mass is 32.2. The number of sulfone groups is 2. The molecule has 2 fully saturated rings. The zero-order chi connectivity index (χ0) is 21.5. The Hall–Kier alpha value is -2.86. The summed E-state index contributed by atoms with van der Waals surface area (Å²) in [5.41, 5.74) is 0.681. The van der Waals surface area contributed by atoms with Crippen molar-refractivity contribution in [2.24, 2.45) is 0 Å². The second kappa shape index (κ2) is 7.43. The summed E-state index contributed by atoms with van der Waals surface area (Å²) in [5.74, 6) is -2.50. The predicted molar refractivity (Wildman–Crippen MR) is 105 cm³/mol. The maximum Gasteiger partial charge on any atom is 0.239 e. The highest BCUT2D eigenvalue weighted by Crippen LogP contribution is 2.35. The zero-order valence-electron chi connectivity index (χ0n) is 15.7. The number of hydrogen-bond acceptors (Lipinski definition) is 8. The van der Waals surface area contributed by atoms with Gasteiger partial charge in [0.2, 0.25) is 11.8 Å². The molecule has 158 valence electrons. The summed E-state index contributed by atoms with van der Waals surface area (Å²) >= 11 is 0. The predicted octanol–water partition coefficient (Wildman–Crippen LogP) is -0.312. The topological polar surface area (TPSA) is 135 Å². The Bertz CT molecular complexity index is 1090. The molecule has 0 aliphatic carbocycles. The van der Waals surface area contributed by atoms with Crippen LogP contribution in [0, 0.1) is 0 Å². The third-order valence-electron chi connectivity index (χ3n) is 5.06. The first-order valence-electron chi connectivity index (χ1n) is 9.03. The molecule has 0 spiro atoms. The van der Waals surface area contributed by atoms with E-state index in [1.54, 1.807) is 24.3 Å². The molecule has 2 aliphatic rings. The van der Waals surface area contributed by atoms with E-state index in [0.717, 1.165) is 9.80 Å². The Morgan fingerprint density at radius 3 is 1.50 bits per heavy atom. The number of nitrogens with zero attached hydrogens (tertiary/aromatic N) is 4. The average molecular weight is 450 g/mol. The average Bonchev–Trinajstić information content (AvgIpc) is 3.07. The highest BCUT2D eigenvalue weighted by Gasteiger charge is 2.48. The lowest BCUT2D eigenvalue weighted by Crippen LogP contribution is -2.39. The number of amides is 2. The Kier molecular flexibility index (Phi) is 5.06. The molecule has 12 heteroatoms. The van der Waals surface area contributed by atoms with Gasteiger partial charge in [0.1, 0.15) is 11.5 Å². The van der Waals surface area contributed by atoms with Gasteiger partial charge in [-0.05, 0) is 12.1 Å². The minimum absolute atomic E-state index is 0.129. The molecule has 0 aromatic carbocycles. The maximum absolute atomic E-state index is 12.6. The lowest BCUT2D eigenvalue weighted by Gasteiger charge is -2.28. The molecule has 0 N–H and O–H groups in total. The summed E-state index contributed by atoms with van der Waals surface area (Å²) in [7, 11) is -7.56. The summed E-state index contributed by atoms with van der Waals surface area (Å²) in [6.07, 6.45) is 5.72. The van der Waals surface area contributed by atoms with Gasteiger partial charge in [0, 0.05) is 49.0 Å². The van der Waals surface area contributed by atoms with Crippen molar-refractivity contribution in [2.75, 3.05) is 24.6 Å². The van der Waals surface area contributed by atoms with Gasteiger partial charge in [-0.15, -0.1) is 0 Å². The van der Waals surface area contributed by atoms with E-state index < -0.39 is 53.7 Å². The molecule has 2 aromatic rings. The van der Waals surface area contributed by atoms with Crippen molar-refractivity contribution in [1.82, 2.24) is 19.8 Å². The zero-order valence-corrected chi connectivity index (χ0v) is 17.3. The molecule has 2 aliphatic heterocycles. The van der Waals surface area contributed by atoms with Crippen LogP contribution in [0.3, 0.4) is 0 Å². The molecule has 2 unspecified atom stereocenters. The van der Waals surface area contributed by atoms with Crippen LogP contribution in [0.15, 0.2) is 49.1 Å². The van der Waals surface area contributed by atoms with Gasteiger partial charge >= 0.3 is 0 Å². The van der Waals surface area contributed by atoms with Crippen LogP contribution in [-0.2, 0) is 29.3 Å². The molecule has 2 aromatic heterocycles. The lowest BCUT2D eigenvalue weighted by atomic mass is 10.2. The van der Waals surface area contributed by atoms with Gasteiger partial charge in [-0.3, -0.25) is 19.6 Å². The summed E-state index contributed by atoms with van der Waals surface area (Å²) in [4.78, 5) is 35.0. The number of carbonyl (C=O) groups is 2. The molecule has 10 nitrogen and oxygen atoms in total. The first kappa shape index (κ1) is 20.4. The van der Waals surface area contributed by atoms with Crippen molar-refractivity contribution >= 4 is 31.5 Å². The van der Waals surface area contributed by atoms with Crippen LogP contribution >= 0.6 is 0 Å². The van der Waals surface area contributed by atoms with Crippen molar-refractivity contribution in [3.05, 3.63) is 60.2 Å². The van der Waals surface area contributed by atoms with Gasteiger partial charge in [-0.25, -0.2) is 16.8 Å². The van der Waals surface area contributed by atoms with Crippen LogP contribution in [0.2, 0.25) is 0 Å². The number of hydrogen-bond donors (Lipinski definition) is 0. The van der Waals surface area contributed by atoms with E-state index in [2.05, 4.69) is 9.97 Å². The van der Waals surface area contributed by atoms with E-state index in [0.29, 0.717) is 11.1 Å². The van der Waals surface area contributed by atoms with Crippen LogP contribution < -0.4 is 0 Å². The van der Waals surface area contributed by atoms with E-state index >= 15 is 0 Å². The van der Waals surface area contributed by atoms with E-state index in [-0.39, 0.29) is 13.1 Å². The molecule has 4 heterocycles. The first-order valence-corrected chi connectivity index (χ1v) is 12.5. The fourth-order valence-corrected chi connectivity index (χ4v) is 7.50. The molecule has 2 saturated heterocycles. The Morgan fingerprint density at radius 1 is 0.767 bits per heavy atom. The molecule has 2 atom stereocenters. The molecule has 4 rings (SSSR count). The van der Waals surface area contributed by atoms with E-state index in [1.165, 1.54) is 24.8 Å². The van der Waals surface area contributed by atoms with Crippen LogP contribution in [0.4, 0.5) is 0 Å². The molecule has 0 bridgehead atoms. The highest BCUT2D eigenvalue weighted by molar-refractivity contribution is 7.93. The van der Waals surface area contributed by atoms with Crippen molar-refractivity contribution in [3.8, 4) is 0 Å². The largest absolute Gasteiger partial charge is 0.319 e. The molecule has 30 heavy (non-hydrogen) atoms. The fourth-order valence-electron chi connectivity index (χ4n) is 3.84. The number of rotatable bonds is 5. The summed E-state index contributed by atoms with van der Waals surface area (Å²) < 4.78 is 50.2. The smallest absolute Gasteiger partial charge is 0.239 e. The summed E-state index contributed by atoms with van der Waals surface area (Å²) in [5, 5.41) is -2.44. The van der Waals surface area contributed by atoms with Gasteiger partial charge < -0.3 is 9.80 Å². The van der Waals surface area contributed by atoms with Gasteiger partial charge in [0.15, 0.2) is 30.4 Å². The van der Waals surface area contributed by atoms with Crippen molar-refractivity contribution in [3.63, 3.8) is 0 Å². The number of aromatic nitrogens is 2. The van der Waals surface area contributed by atoms with Crippen LogP contribution in [-0.4, -0.2) is 73.0 Å². The normalized spacial score (nSPS) is 25.1. The third kappa shape index (κ3) is 3.56. The maximum atomic E-state index is 12.6. The molecular formula is C18H18N4O6S2. The first-order chi connectivity index (χ1) is 14.2. The minimum atomic E-state index is -3.78. The van der Waals surface area contributed by atoms with Crippen molar-refractivity contribution in [1.29, 1.82) is 0 Å². The second-order valence-electron chi connectivity index (χ2n) is 7.07. The number of carbonyl (C=O) groups excluding carboxylic acids is 2. The monoisotopic (exact) mass is 450 g/mol. The SMILES string of the molecule is O=C1CS(=O)(=O)C(c2cccnc2)N1CCN1C(=O)CS(=O)(=O)C1c1cccnc1. The van der Waals surface area contributed by atoms with Crippen LogP contribution in [0.5, 0.6) is 0 Å². The summed E-state index contributed by atoms with van der Waals surface area (Å²) in [6, 6.07) is 6.26. The van der Waals surface area contributed by atoms with Gasteiger partial charge in [0.25, 0.3) is 0 Å². The van der Waals surface area contributed by atoms with Crippen LogP contribution in [0.1, 0.15) is 21.9 Å². The number of pyridine rings is 2. The van der Waals surface area contributed by atoms with E-state index in [1.807, 2.05) is 0 Å². The lowest BCUT2D eigenvalue weighted by molar-refractivity contribution is -0.132. The second-order valence-corrected chi connectivity index (χ2v) is 11.2. The summed E-state index contributed by atoms with van der Waals surface area (Å²) in [6.45, 7) is -0.259. The molecule has 2 amide bonds. The standard InChI is InChI=1S/C18H18N4O6S2/c23-15-11-29(25,26)17(13-3-1-5-19-9-13)21(15)7-8-22-16(24)12-30(27,28)18(22)14-4-2-6-20-10-14/h1-6,9-10,17-18H,7-8,11-12H2. The molecular weight excluding hydrogens is 432 g/mol. The van der Waals surface area contributed by atoms with Crippen molar-refractivity contribution < 1.29 is 26.4 Å². The Balaban J connectivity index is 1.62. The quantitative estimate of drug-likeness (QED) is 0.605. The minimum Gasteiger partial charge on any atom is -0.319 e. The Morgan fingerprint density at radius 2 is 1.17 bits per heavy atom.